The molecule has 2 aromatic carbocycles. The number of hydrogen-bond donors (Lipinski definition) is 0. The van der Waals surface area contributed by atoms with Gasteiger partial charge in [0.15, 0.2) is 5.13 Å². The van der Waals surface area contributed by atoms with Crippen LogP contribution in [0.15, 0.2) is 41.3 Å². The van der Waals surface area contributed by atoms with E-state index in [0.29, 0.717) is 48.6 Å². The van der Waals surface area contributed by atoms with E-state index >= 15 is 0 Å². The predicted molar refractivity (Wildman–Crippen MR) is 145 cm³/mol. The lowest BCUT2D eigenvalue weighted by Crippen LogP contribution is -2.38. The number of benzene rings is 2. The summed E-state index contributed by atoms with van der Waals surface area (Å²) in [5.74, 6) is 0.962. The molecule has 1 amide bonds. The highest BCUT2D eigenvalue weighted by Gasteiger charge is 2.30. The monoisotopic (exact) mass is 543 g/mol. The predicted octanol–water partition coefficient (Wildman–Crippen LogP) is 4.86. The smallest absolute Gasteiger partial charge is 0.260 e. The summed E-state index contributed by atoms with van der Waals surface area (Å²) in [5, 5.41) is 0.572. The van der Waals surface area contributed by atoms with Crippen LogP contribution in [-0.4, -0.2) is 63.1 Å². The number of carbonyl (C=O) groups is 1. The van der Waals surface area contributed by atoms with Gasteiger partial charge < -0.3 is 9.47 Å². The van der Waals surface area contributed by atoms with E-state index in [1.807, 2.05) is 19.1 Å². The Morgan fingerprint density at radius 1 is 1.16 bits per heavy atom. The van der Waals surface area contributed by atoms with Crippen LogP contribution in [0.3, 0.4) is 0 Å². The van der Waals surface area contributed by atoms with Crippen molar-refractivity contribution in [2.24, 2.45) is 5.92 Å². The van der Waals surface area contributed by atoms with E-state index in [1.165, 1.54) is 23.5 Å². The van der Waals surface area contributed by atoms with Crippen molar-refractivity contribution < 1.29 is 22.7 Å². The van der Waals surface area contributed by atoms with Gasteiger partial charge in [0, 0.05) is 25.3 Å². The van der Waals surface area contributed by atoms with Gasteiger partial charge in [-0.1, -0.05) is 24.3 Å². The number of piperidine rings is 1. The molecule has 0 radical (unpaired) electrons. The van der Waals surface area contributed by atoms with Gasteiger partial charge in [-0.05, 0) is 74.4 Å². The van der Waals surface area contributed by atoms with Gasteiger partial charge in [-0.25, -0.2) is 13.4 Å². The quantitative estimate of drug-likeness (QED) is 0.423. The topological polar surface area (TPSA) is 89.0 Å². The minimum Gasteiger partial charge on any atom is -0.494 e. The number of aromatic nitrogens is 1. The van der Waals surface area contributed by atoms with Crippen molar-refractivity contribution in [3.63, 3.8) is 0 Å². The van der Waals surface area contributed by atoms with Crippen molar-refractivity contribution in [3.8, 4) is 5.75 Å². The zero-order valence-corrected chi connectivity index (χ0v) is 23.1. The Bertz CT molecular complexity index is 1370. The number of nitrogens with zero attached hydrogens (tertiary/aromatic N) is 3. The van der Waals surface area contributed by atoms with Crippen LogP contribution in [-0.2, 0) is 14.8 Å². The van der Waals surface area contributed by atoms with Gasteiger partial charge in [0.2, 0.25) is 10.0 Å². The number of aryl methyl sites for hydroxylation is 1. The number of ether oxygens (including phenoxy) is 2. The number of carbonyl (C=O) groups excluding carboxylic acids is 1. The third-order valence-corrected chi connectivity index (χ3v) is 10.4. The summed E-state index contributed by atoms with van der Waals surface area (Å²) in [7, 11) is -1.97. The fourth-order valence-electron chi connectivity index (χ4n) is 4.92. The highest BCUT2D eigenvalue weighted by Crippen LogP contribution is 2.37. The normalized spacial score (nSPS) is 19.4. The van der Waals surface area contributed by atoms with E-state index < -0.39 is 10.0 Å². The van der Waals surface area contributed by atoms with Crippen molar-refractivity contribution in [2.75, 3.05) is 38.3 Å². The van der Waals surface area contributed by atoms with E-state index in [1.54, 1.807) is 28.4 Å². The molecule has 0 aliphatic carbocycles. The Kier molecular flexibility index (Phi) is 7.53. The van der Waals surface area contributed by atoms with Crippen LogP contribution >= 0.6 is 11.3 Å². The number of sulfonamides is 1. The highest BCUT2D eigenvalue weighted by atomic mass is 32.2. The summed E-state index contributed by atoms with van der Waals surface area (Å²) < 4.78 is 40.2. The van der Waals surface area contributed by atoms with Crippen molar-refractivity contribution in [3.05, 3.63) is 47.5 Å². The van der Waals surface area contributed by atoms with Crippen LogP contribution in [0, 0.1) is 12.8 Å². The maximum Gasteiger partial charge on any atom is 0.260 e. The Balaban J connectivity index is 1.45. The SMILES string of the molecule is COc1ccc(C)c2sc(N(CC3CCCO3)C(=O)c3ccc(S(=O)(=O)N4CCC(C)CC4)cc3)nc12. The number of methoxy groups -OCH3 is 1. The van der Waals surface area contributed by atoms with Crippen LogP contribution < -0.4 is 9.64 Å². The van der Waals surface area contributed by atoms with Gasteiger partial charge in [0.1, 0.15) is 11.3 Å². The summed E-state index contributed by atoms with van der Waals surface area (Å²) in [4.78, 5) is 20.5. The third kappa shape index (κ3) is 5.25. The Morgan fingerprint density at radius 3 is 2.54 bits per heavy atom. The van der Waals surface area contributed by atoms with Crippen molar-refractivity contribution in [1.29, 1.82) is 0 Å². The molecule has 0 N–H and O–H groups in total. The molecule has 2 aliphatic heterocycles. The first kappa shape index (κ1) is 26.1. The fourth-order valence-corrected chi connectivity index (χ4v) is 7.45. The van der Waals surface area contributed by atoms with Gasteiger partial charge in [0.05, 0.1) is 29.4 Å². The average molecular weight is 544 g/mol. The van der Waals surface area contributed by atoms with Crippen LogP contribution in [0.4, 0.5) is 5.13 Å². The summed E-state index contributed by atoms with van der Waals surface area (Å²) in [5.41, 5.74) is 2.20. The minimum absolute atomic E-state index is 0.0694. The summed E-state index contributed by atoms with van der Waals surface area (Å²) in [6, 6.07) is 10.1. The van der Waals surface area contributed by atoms with Crippen LogP contribution in [0.2, 0.25) is 0 Å². The molecule has 8 nitrogen and oxygen atoms in total. The maximum atomic E-state index is 13.8. The zero-order valence-electron chi connectivity index (χ0n) is 21.5. The molecule has 198 valence electrons. The van der Waals surface area contributed by atoms with E-state index in [2.05, 4.69) is 6.92 Å². The average Bonchev–Trinajstić information content (AvgIpc) is 3.58. The van der Waals surface area contributed by atoms with Crippen molar-refractivity contribution >= 4 is 42.6 Å². The molecule has 2 aliphatic rings. The molecule has 1 atom stereocenters. The summed E-state index contributed by atoms with van der Waals surface area (Å²) >= 11 is 1.45. The van der Waals surface area contributed by atoms with E-state index in [0.717, 1.165) is 41.5 Å². The molecule has 0 bridgehead atoms. The second-order valence-corrected chi connectivity index (χ2v) is 12.8. The first-order valence-electron chi connectivity index (χ1n) is 12.8. The van der Waals surface area contributed by atoms with Crippen molar-refractivity contribution in [1.82, 2.24) is 9.29 Å². The standard InChI is InChI=1S/C27H33N3O5S2/c1-18-12-14-29(15-13-18)37(32,33)22-9-7-20(8-10-22)26(31)30(17-21-5-4-16-35-21)27-28-24-23(34-3)11-6-19(2)25(24)36-27/h6-11,18,21H,4-5,12-17H2,1-3H3. The summed E-state index contributed by atoms with van der Waals surface area (Å²) in [6.07, 6.45) is 3.49. The first-order chi connectivity index (χ1) is 17.8. The fraction of sp³-hybridized carbons (Fsp3) is 0.481. The minimum atomic E-state index is -3.58. The zero-order chi connectivity index (χ0) is 26.2. The number of anilines is 1. The van der Waals surface area contributed by atoms with Gasteiger partial charge >= 0.3 is 0 Å². The molecule has 3 aromatic rings. The van der Waals surface area contributed by atoms with E-state index in [9.17, 15) is 13.2 Å². The van der Waals surface area contributed by atoms with Gasteiger partial charge in [-0.15, -0.1) is 0 Å². The molecule has 0 spiro atoms. The molecule has 10 heteroatoms. The third-order valence-electron chi connectivity index (χ3n) is 7.28. The lowest BCUT2D eigenvalue weighted by molar-refractivity contribution is 0.0917. The molecule has 2 fully saturated rings. The molecule has 2 saturated heterocycles. The van der Waals surface area contributed by atoms with Gasteiger partial charge in [-0.2, -0.15) is 4.31 Å². The second-order valence-electron chi connectivity index (χ2n) is 9.92. The molecule has 0 saturated carbocycles. The number of amides is 1. The van der Waals surface area contributed by atoms with Crippen LogP contribution in [0.25, 0.3) is 10.2 Å². The molecular weight excluding hydrogens is 510 g/mol. The lowest BCUT2D eigenvalue weighted by Gasteiger charge is -2.29. The molecule has 1 aromatic heterocycles. The first-order valence-corrected chi connectivity index (χ1v) is 15.0. The van der Waals surface area contributed by atoms with E-state index in [-0.39, 0.29) is 16.9 Å². The number of fused-ring (bicyclic) bond motifs is 1. The molecule has 5 rings (SSSR count). The Labute approximate surface area is 222 Å². The van der Waals surface area contributed by atoms with Crippen molar-refractivity contribution in [2.45, 2.75) is 50.5 Å². The Hall–Kier alpha value is -2.53. The summed E-state index contributed by atoms with van der Waals surface area (Å²) in [6.45, 7) is 6.28. The molecule has 37 heavy (non-hydrogen) atoms. The Morgan fingerprint density at radius 2 is 1.89 bits per heavy atom. The number of thiazole rings is 1. The van der Waals surface area contributed by atoms with Crippen LogP contribution in [0.5, 0.6) is 5.75 Å². The maximum absolute atomic E-state index is 13.8. The largest absolute Gasteiger partial charge is 0.494 e. The molecule has 1 unspecified atom stereocenters. The van der Waals surface area contributed by atoms with Gasteiger partial charge in [0.25, 0.3) is 5.91 Å². The van der Waals surface area contributed by atoms with E-state index in [4.69, 9.17) is 14.5 Å². The highest BCUT2D eigenvalue weighted by molar-refractivity contribution is 7.89. The molecule has 3 heterocycles. The molecular formula is C27H33N3O5S2. The number of rotatable bonds is 7. The van der Waals surface area contributed by atoms with Crippen LogP contribution in [0.1, 0.15) is 48.5 Å². The number of hydrogen-bond acceptors (Lipinski definition) is 7. The van der Waals surface area contributed by atoms with Gasteiger partial charge in [-0.3, -0.25) is 9.69 Å². The second kappa shape index (κ2) is 10.7. The lowest BCUT2D eigenvalue weighted by atomic mass is 10.0.